The van der Waals surface area contributed by atoms with Gasteiger partial charge >= 0.3 is 0 Å². The van der Waals surface area contributed by atoms with E-state index in [9.17, 15) is 0 Å². The fraction of sp³-hybridized carbons (Fsp3) is 0.111. The molecule has 0 saturated heterocycles. The van der Waals surface area contributed by atoms with Crippen LogP contribution in [0.3, 0.4) is 0 Å². The Morgan fingerprint density at radius 1 is 0.700 bits per heavy atom. The highest BCUT2D eigenvalue weighted by Crippen LogP contribution is 2.38. The summed E-state index contributed by atoms with van der Waals surface area (Å²) < 4.78 is 0. The number of para-hydroxylation sites is 1. The summed E-state index contributed by atoms with van der Waals surface area (Å²) >= 11 is 1.82. The van der Waals surface area contributed by atoms with Crippen molar-refractivity contribution in [1.29, 1.82) is 0 Å². The topological polar surface area (TPSA) is 3.24 Å². The standard InChI is InChI=1S/C18H17NS/c1-14-8-11-17(12-9-14)19(16-6-4-3-5-7-16)18-13-10-15(2)20-18/h3-13H,1-2H3. The minimum absolute atomic E-state index is 1.19. The summed E-state index contributed by atoms with van der Waals surface area (Å²) in [6.45, 7) is 4.26. The molecule has 0 aliphatic carbocycles. The summed E-state index contributed by atoms with van der Waals surface area (Å²) in [6, 6.07) is 23.5. The Bertz CT molecular complexity index is 683. The van der Waals surface area contributed by atoms with Crippen molar-refractivity contribution >= 4 is 27.7 Å². The molecule has 0 N–H and O–H groups in total. The van der Waals surface area contributed by atoms with Crippen molar-refractivity contribution in [3.8, 4) is 0 Å². The third kappa shape index (κ3) is 2.61. The van der Waals surface area contributed by atoms with Crippen LogP contribution in [0.15, 0.2) is 66.7 Å². The zero-order chi connectivity index (χ0) is 13.9. The van der Waals surface area contributed by atoms with Crippen LogP contribution < -0.4 is 4.90 Å². The fourth-order valence-corrected chi connectivity index (χ4v) is 3.12. The Morgan fingerprint density at radius 3 is 1.95 bits per heavy atom. The van der Waals surface area contributed by atoms with Crippen LogP contribution in [0.1, 0.15) is 10.4 Å². The molecular weight excluding hydrogens is 262 g/mol. The number of rotatable bonds is 3. The number of nitrogens with zero attached hydrogens (tertiary/aromatic N) is 1. The van der Waals surface area contributed by atoms with Gasteiger partial charge in [0.2, 0.25) is 0 Å². The van der Waals surface area contributed by atoms with Gasteiger partial charge in [0.05, 0.1) is 0 Å². The monoisotopic (exact) mass is 279 g/mol. The third-order valence-corrected chi connectivity index (χ3v) is 4.24. The van der Waals surface area contributed by atoms with Crippen molar-refractivity contribution in [1.82, 2.24) is 0 Å². The van der Waals surface area contributed by atoms with E-state index in [0.29, 0.717) is 0 Å². The summed E-state index contributed by atoms with van der Waals surface area (Å²) in [4.78, 5) is 3.63. The van der Waals surface area contributed by atoms with E-state index >= 15 is 0 Å². The lowest BCUT2D eigenvalue weighted by Gasteiger charge is -2.23. The first-order valence-electron chi connectivity index (χ1n) is 6.72. The Hall–Kier alpha value is -2.06. The van der Waals surface area contributed by atoms with E-state index in [4.69, 9.17) is 0 Å². The van der Waals surface area contributed by atoms with Crippen LogP contribution in [0.2, 0.25) is 0 Å². The Balaban J connectivity index is 2.10. The van der Waals surface area contributed by atoms with Crippen LogP contribution in [0.5, 0.6) is 0 Å². The van der Waals surface area contributed by atoms with Crippen molar-refractivity contribution < 1.29 is 0 Å². The van der Waals surface area contributed by atoms with Crippen molar-refractivity contribution in [2.24, 2.45) is 0 Å². The number of anilines is 3. The number of hydrogen-bond donors (Lipinski definition) is 0. The average Bonchev–Trinajstić information content (AvgIpc) is 2.89. The molecule has 0 aliphatic heterocycles. The van der Waals surface area contributed by atoms with E-state index in [1.54, 1.807) is 0 Å². The molecule has 0 spiro atoms. The first kappa shape index (κ1) is 12.9. The van der Waals surface area contributed by atoms with Crippen LogP contribution in [-0.4, -0.2) is 0 Å². The first-order valence-corrected chi connectivity index (χ1v) is 7.54. The molecule has 2 aromatic carbocycles. The summed E-state index contributed by atoms with van der Waals surface area (Å²) in [6.07, 6.45) is 0. The predicted molar refractivity (Wildman–Crippen MR) is 88.5 cm³/mol. The molecule has 1 aromatic heterocycles. The lowest BCUT2D eigenvalue weighted by molar-refractivity contribution is 1.30. The molecule has 0 unspecified atom stereocenters. The molecule has 0 radical (unpaired) electrons. The van der Waals surface area contributed by atoms with Gasteiger partial charge in [-0.1, -0.05) is 35.9 Å². The molecule has 20 heavy (non-hydrogen) atoms. The van der Waals surface area contributed by atoms with Crippen molar-refractivity contribution in [3.05, 3.63) is 77.2 Å². The first-order chi connectivity index (χ1) is 9.74. The molecule has 2 heteroatoms. The van der Waals surface area contributed by atoms with E-state index in [1.807, 2.05) is 11.3 Å². The van der Waals surface area contributed by atoms with Gasteiger partial charge in [0.15, 0.2) is 0 Å². The molecule has 0 aliphatic rings. The Labute approximate surface area is 124 Å². The molecule has 3 aromatic rings. The summed E-state index contributed by atoms with van der Waals surface area (Å²) in [5.74, 6) is 0. The van der Waals surface area contributed by atoms with Gasteiger partial charge in [0.25, 0.3) is 0 Å². The van der Waals surface area contributed by atoms with Gasteiger partial charge in [-0.2, -0.15) is 0 Å². The van der Waals surface area contributed by atoms with Gasteiger partial charge in [-0.05, 0) is 50.2 Å². The predicted octanol–water partition coefficient (Wildman–Crippen LogP) is 5.83. The molecule has 1 heterocycles. The maximum Gasteiger partial charge on any atom is 0.100 e. The highest BCUT2D eigenvalue weighted by atomic mass is 32.1. The van der Waals surface area contributed by atoms with Gasteiger partial charge in [-0.25, -0.2) is 0 Å². The number of hydrogen-bond acceptors (Lipinski definition) is 2. The highest BCUT2D eigenvalue weighted by Gasteiger charge is 2.13. The lowest BCUT2D eigenvalue weighted by Crippen LogP contribution is -2.07. The second-order valence-electron chi connectivity index (χ2n) is 4.89. The second-order valence-corrected chi connectivity index (χ2v) is 6.16. The number of aryl methyl sites for hydroxylation is 2. The van der Waals surface area contributed by atoms with E-state index < -0.39 is 0 Å². The zero-order valence-corrected chi connectivity index (χ0v) is 12.5. The Kier molecular flexibility index (Phi) is 3.57. The number of thiophene rings is 1. The zero-order valence-electron chi connectivity index (χ0n) is 11.7. The molecular formula is C18H17NS. The van der Waals surface area contributed by atoms with E-state index in [2.05, 4.69) is 85.5 Å². The SMILES string of the molecule is Cc1ccc(N(c2ccccc2)c2ccc(C)s2)cc1. The molecule has 0 fully saturated rings. The van der Waals surface area contributed by atoms with Crippen LogP contribution in [-0.2, 0) is 0 Å². The van der Waals surface area contributed by atoms with Crippen molar-refractivity contribution in [3.63, 3.8) is 0 Å². The highest BCUT2D eigenvalue weighted by molar-refractivity contribution is 7.16. The van der Waals surface area contributed by atoms with Crippen molar-refractivity contribution in [2.75, 3.05) is 4.90 Å². The molecule has 1 nitrogen and oxygen atoms in total. The molecule has 0 atom stereocenters. The van der Waals surface area contributed by atoms with Gasteiger partial charge in [0, 0.05) is 16.3 Å². The van der Waals surface area contributed by atoms with Crippen LogP contribution in [0.25, 0.3) is 0 Å². The Morgan fingerprint density at radius 2 is 1.35 bits per heavy atom. The second kappa shape index (κ2) is 5.51. The minimum atomic E-state index is 1.19. The van der Waals surface area contributed by atoms with Gasteiger partial charge in [-0.3, -0.25) is 0 Å². The molecule has 0 bridgehead atoms. The molecule has 0 amide bonds. The lowest BCUT2D eigenvalue weighted by atomic mass is 10.2. The average molecular weight is 279 g/mol. The summed E-state index contributed by atoms with van der Waals surface area (Å²) in [7, 11) is 0. The molecule has 3 rings (SSSR count). The minimum Gasteiger partial charge on any atom is -0.302 e. The largest absolute Gasteiger partial charge is 0.302 e. The molecule has 0 saturated carbocycles. The van der Waals surface area contributed by atoms with Crippen LogP contribution in [0.4, 0.5) is 16.4 Å². The quantitative estimate of drug-likeness (QED) is 0.582. The normalized spacial score (nSPS) is 10.5. The smallest absolute Gasteiger partial charge is 0.100 e. The summed E-state index contributed by atoms with van der Waals surface area (Å²) in [5, 5.41) is 1.25. The van der Waals surface area contributed by atoms with Crippen LogP contribution in [0, 0.1) is 13.8 Å². The van der Waals surface area contributed by atoms with E-state index in [1.165, 1.54) is 26.8 Å². The van der Waals surface area contributed by atoms with Crippen molar-refractivity contribution in [2.45, 2.75) is 13.8 Å². The van der Waals surface area contributed by atoms with Gasteiger partial charge in [-0.15, -0.1) is 11.3 Å². The maximum atomic E-state index is 2.30. The third-order valence-electron chi connectivity index (χ3n) is 3.25. The fourth-order valence-electron chi connectivity index (χ4n) is 2.22. The van der Waals surface area contributed by atoms with Crippen LogP contribution >= 0.6 is 11.3 Å². The molecule has 100 valence electrons. The van der Waals surface area contributed by atoms with E-state index in [0.717, 1.165) is 0 Å². The summed E-state index contributed by atoms with van der Waals surface area (Å²) in [5.41, 5.74) is 3.67. The number of benzene rings is 2. The maximum absolute atomic E-state index is 2.30. The van der Waals surface area contributed by atoms with Gasteiger partial charge in [0.1, 0.15) is 5.00 Å². The van der Waals surface area contributed by atoms with Gasteiger partial charge < -0.3 is 4.90 Å². The van der Waals surface area contributed by atoms with E-state index in [-0.39, 0.29) is 0 Å².